The largest absolute Gasteiger partial charge is 0.306 e. The van der Waals surface area contributed by atoms with Gasteiger partial charge in [-0.05, 0) is 50.5 Å². The van der Waals surface area contributed by atoms with Crippen molar-refractivity contribution in [2.45, 2.75) is 26.2 Å². The van der Waals surface area contributed by atoms with Crippen molar-refractivity contribution in [3.05, 3.63) is 77.0 Å². The van der Waals surface area contributed by atoms with Crippen molar-refractivity contribution >= 4 is 11.7 Å². The third-order valence-corrected chi connectivity index (χ3v) is 4.42. The van der Waals surface area contributed by atoms with Gasteiger partial charge in [0.15, 0.2) is 0 Å². The van der Waals surface area contributed by atoms with Gasteiger partial charge in [-0.3, -0.25) is 4.79 Å². The lowest BCUT2D eigenvalue weighted by Crippen LogP contribution is -2.16. The molecule has 0 spiro atoms. The van der Waals surface area contributed by atoms with E-state index in [1.807, 2.05) is 66.2 Å². The Morgan fingerprint density at radius 2 is 1.92 bits per heavy atom. The molecule has 1 amide bonds. The van der Waals surface area contributed by atoms with E-state index in [2.05, 4.69) is 5.32 Å². The fraction of sp³-hybridized carbons (Fsp3) is 0.200. The number of nitrogens with one attached hydrogen (secondary N) is 1. The van der Waals surface area contributed by atoms with Gasteiger partial charge < -0.3 is 5.32 Å². The molecule has 1 aromatic heterocycles. The quantitative estimate of drug-likeness (QED) is 0.796. The molecule has 0 saturated carbocycles. The highest BCUT2D eigenvalue weighted by atomic mass is 16.1. The minimum atomic E-state index is -0.0921. The molecule has 4 heteroatoms. The zero-order chi connectivity index (χ0) is 16.5. The predicted octanol–water partition coefficient (Wildman–Crippen LogP) is 3.92. The number of para-hydroxylation sites is 1. The number of fused-ring (bicyclic) bond motifs is 1. The lowest BCUT2D eigenvalue weighted by Gasteiger charge is -2.11. The number of carbonyl (C=O) groups excluding carboxylic acids is 1. The highest BCUT2D eigenvalue weighted by Crippen LogP contribution is 2.31. The Labute approximate surface area is 141 Å². The maximum atomic E-state index is 12.7. The lowest BCUT2D eigenvalue weighted by atomic mass is 10.1. The topological polar surface area (TPSA) is 46.9 Å². The molecule has 0 radical (unpaired) electrons. The molecule has 0 atom stereocenters. The third kappa shape index (κ3) is 2.60. The zero-order valence-electron chi connectivity index (χ0n) is 13.6. The standard InChI is InChI=1S/C20H19N3O/c1-14-7-5-8-15(13-14)20(24)21-19-17-11-6-12-18(17)22-23(19)16-9-3-2-4-10-16/h2-5,7-10,13H,6,11-12H2,1H3,(H,21,24). The van der Waals surface area contributed by atoms with E-state index in [9.17, 15) is 4.79 Å². The Kier molecular flexibility index (Phi) is 3.65. The summed E-state index contributed by atoms with van der Waals surface area (Å²) >= 11 is 0. The second kappa shape index (κ2) is 5.96. The van der Waals surface area contributed by atoms with Gasteiger partial charge in [0.05, 0.1) is 11.4 Å². The van der Waals surface area contributed by atoms with E-state index < -0.39 is 0 Å². The summed E-state index contributed by atoms with van der Waals surface area (Å²) in [6.07, 6.45) is 3.04. The van der Waals surface area contributed by atoms with E-state index in [1.54, 1.807) is 0 Å². The minimum Gasteiger partial charge on any atom is -0.306 e. The van der Waals surface area contributed by atoms with Crippen LogP contribution in [0.25, 0.3) is 5.69 Å². The van der Waals surface area contributed by atoms with Crippen molar-refractivity contribution in [2.75, 3.05) is 5.32 Å². The summed E-state index contributed by atoms with van der Waals surface area (Å²) in [6, 6.07) is 17.6. The average Bonchev–Trinajstić information content (AvgIpc) is 3.18. The minimum absolute atomic E-state index is 0.0921. The maximum Gasteiger partial charge on any atom is 0.256 e. The van der Waals surface area contributed by atoms with Gasteiger partial charge in [0.2, 0.25) is 0 Å². The number of hydrogen-bond acceptors (Lipinski definition) is 2. The van der Waals surface area contributed by atoms with Gasteiger partial charge in [0.25, 0.3) is 5.91 Å². The molecule has 4 rings (SSSR count). The van der Waals surface area contributed by atoms with Crippen molar-refractivity contribution in [2.24, 2.45) is 0 Å². The van der Waals surface area contributed by atoms with E-state index in [0.717, 1.165) is 42.0 Å². The van der Waals surface area contributed by atoms with Crippen molar-refractivity contribution < 1.29 is 4.79 Å². The first-order valence-electron chi connectivity index (χ1n) is 8.26. The first-order chi connectivity index (χ1) is 11.7. The van der Waals surface area contributed by atoms with Gasteiger partial charge in [-0.15, -0.1) is 0 Å². The summed E-state index contributed by atoms with van der Waals surface area (Å²) in [6.45, 7) is 1.99. The number of amides is 1. The number of carbonyl (C=O) groups is 1. The van der Waals surface area contributed by atoms with Crippen molar-refractivity contribution in [3.8, 4) is 5.69 Å². The van der Waals surface area contributed by atoms with Gasteiger partial charge in [-0.2, -0.15) is 5.10 Å². The Bertz CT molecular complexity index is 897. The molecule has 3 aromatic rings. The molecule has 1 heterocycles. The SMILES string of the molecule is Cc1cccc(C(=O)Nc2c3c(nn2-c2ccccc2)CCC3)c1. The molecular weight excluding hydrogens is 298 g/mol. The monoisotopic (exact) mass is 317 g/mol. The Hall–Kier alpha value is -2.88. The second-order valence-corrected chi connectivity index (χ2v) is 6.20. The van der Waals surface area contributed by atoms with E-state index >= 15 is 0 Å². The molecule has 0 fully saturated rings. The number of nitrogens with zero attached hydrogens (tertiary/aromatic N) is 2. The van der Waals surface area contributed by atoms with E-state index in [4.69, 9.17) is 5.10 Å². The summed E-state index contributed by atoms with van der Waals surface area (Å²) in [5.41, 5.74) is 4.97. The molecule has 120 valence electrons. The van der Waals surface area contributed by atoms with Gasteiger partial charge >= 0.3 is 0 Å². The van der Waals surface area contributed by atoms with E-state index in [-0.39, 0.29) is 5.91 Å². The number of anilines is 1. The van der Waals surface area contributed by atoms with Crippen LogP contribution in [0.2, 0.25) is 0 Å². The highest BCUT2D eigenvalue weighted by molar-refractivity contribution is 6.04. The van der Waals surface area contributed by atoms with Crippen LogP contribution in [0.5, 0.6) is 0 Å². The summed E-state index contributed by atoms with van der Waals surface area (Å²) in [5.74, 6) is 0.714. The van der Waals surface area contributed by atoms with Crippen LogP contribution in [0.1, 0.15) is 33.6 Å². The molecule has 24 heavy (non-hydrogen) atoms. The van der Waals surface area contributed by atoms with Crippen molar-refractivity contribution in [1.82, 2.24) is 9.78 Å². The zero-order valence-corrected chi connectivity index (χ0v) is 13.6. The average molecular weight is 317 g/mol. The molecule has 1 aliphatic carbocycles. The van der Waals surface area contributed by atoms with Gasteiger partial charge in [0, 0.05) is 11.1 Å². The predicted molar refractivity (Wildman–Crippen MR) is 94.7 cm³/mol. The molecular formula is C20H19N3O. The van der Waals surface area contributed by atoms with Gasteiger partial charge in [0.1, 0.15) is 5.82 Å². The molecule has 4 nitrogen and oxygen atoms in total. The number of hydrogen-bond donors (Lipinski definition) is 1. The van der Waals surface area contributed by atoms with Crippen LogP contribution in [0.3, 0.4) is 0 Å². The van der Waals surface area contributed by atoms with Crippen LogP contribution in [0, 0.1) is 6.92 Å². The van der Waals surface area contributed by atoms with Crippen molar-refractivity contribution in [1.29, 1.82) is 0 Å². The van der Waals surface area contributed by atoms with Crippen LogP contribution in [-0.2, 0) is 12.8 Å². The van der Waals surface area contributed by atoms with E-state index in [1.165, 1.54) is 5.56 Å². The second-order valence-electron chi connectivity index (χ2n) is 6.20. The van der Waals surface area contributed by atoms with Crippen LogP contribution in [0.15, 0.2) is 54.6 Å². The smallest absolute Gasteiger partial charge is 0.256 e. The molecule has 2 aromatic carbocycles. The molecule has 0 unspecified atom stereocenters. The van der Waals surface area contributed by atoms with Gasteiger partial charge in [-0.25, -0.2) is 4.68 Å². The Morgan fingerprint density at radius 1 is 1.08 bits per heavy atom. The summed E-state index contributed by atoms with van der Waals surface area (Å²) in [5, 5.41) is 7.82. The molecule has 0 aliphatic heterocycles. The fourth-order valence-electron chi connectivity index (χ4n) is 3.24. The van der Waals surface area contributed by atoms with Crippen LogP contribution in [-0.4, -0.2) is 15.7 Å². The summed E-state index contributed by atoms with van der Waals surface area (Å²) in [4.78, 5) is 12.7. The van der Waals surface area contributed by atoms with Crippen LogP contribution in [0.4, 0.5) is 5.82 Å². The maximum absolute atomic E-state index is 12.7. The fourth-order valence-corrected chi connectivity index (χ4v) is 3.24. The number of aromatic nitrogens is 2. The number of rotatable bonds is 3. The number of benzene rings is 2. The highest BCUT2D eigenvalue weighted by Gasteiger charge is 2.24. The molecule has 1 aliphatic rings. The lowest BCUT2D eigenvalue weighted by molar-refractivity contribution is 0.102. The number of aryl methyl sites for hydroxylation is 2. The van der Waals surface area contributed by atoms with Crippen LogP contribution >= 0.6 is 0 Å². The first kappa shape index (κ1) is 14.7. The Balaban J connectivity index is 1.73. The van der Waals surface area contributed by atoms with Crippen molar-refractivity contribution in [3.63, 3.8) is 0 Å². The summed E-state index contributed by atoms with van der Waals surface area (Å²) < 4.78 is 1.86. The normalized spacial score (nSPS) is 12.9. The summed E-state index contributed by atoms with van der Waals surface area (Å²) in [7, 11) is 0. The van der Waals surface area contributed by atoms with Gasteiger partial charge in [-0.1, -0.05) is 35.9 Å². The molecule has 1 N–H and O–H groups in total. The van der Waals surface area contributed by atoms with Crippen LogP contribution < -0.4 is 5.32 Å². The van der Waals surface area contributed by atoms with E-state index in [0.29, 0.717) is 5.56 Å². The molecule has 0 saturated heterocycles. The Morgan fingerprint density at radius 3 is 2.71 bits per heavy atom. The first-order valence-corrected chi connectivity index (χ1v) is 8.26. The molecule has 0 bridgehead atoms. The third-order valence-electron chi connectivity index (χ3n) is 4.42.